The lowest BCUT2D eigenvalue weighted by atomic mass is 10.1. The minimum Gasteiger partial charge on any atom is -0.368 e. The molecule has 3 rings (SSSR count). The van der Waals surface area contributed by atoms with Gasteiger partial charge in [0.05, 0.1) is 12.2 Å². The fourth-order valence-corrected chi connectivity index (χ4v) is 3.95. The second kappa shape index (κ2) is 11.1. The fraction of sp³-hybridized carbons (Fsp3) is 0.542. The molecule has 1 fully saturated rings. The Morgan fingerprint density at radius 2 is 2.19 bits per heavy atom. The first-order valence-corrected chi connectivity index (χ1v) is 11.4. The van der Waals surface area contributed by atoms with Crippen LogP contribution in [0.1, 0.15) is 49.2 Å². The van der Waals surface area contributed by atoms with Gasteiger partial charge in [0.2, 0.25) is 0 Å². The van der Waals surface area contributed by atoms with E-state index in [2.05, 4.69) is 48.7 Å². The Kier molecular flexibility index (Phi) is 8.27. The van der Waals surface area contributed by atoms with Gasteiger partial charge in [0.15, 0.2) is 5.96 Å². The van der Waals surface area contributed by atoms with E-state index < -0.39 is 0 Å². The smallest absolute Gasteiger partial charge is 0.253 e. The topological polar surface area (TPSA) is 92.6 Å². The Morgan fingerprint density at radius 1 is 1.38 bits per heavy atom. The van der Waals surface area contributed by atoms with Crippen molar-refractivity contribution in [1.82, 2.24) is 20.4 Å². The molecule has 8 nitrogen and oxygen atoms in total. The van der Waals surface area contributed by atoms with Crippen molar-refractivity contribution in [2.75, 3.05) is 18.5 Å². The number of ether oxygens (including phenoxy) is 1. The molecule has 3 N–H and O–H groups in total. The molecule has 8 heteroatoms. The van der Waals surface area contributed by atoms with E-state index in [0.29, 0.717) is 13.2 Å². The van der Waals surface area contributed by atoms with Crippen molar-refractivity contribution in [3.8, 4) is 0 Å². The summed E-state index contributed by atoms with van der Waals surface area (Å²) >= 11 is 0. The highest BCUT2D eigenvalue weighted by Gasteiger charge is 2.23. The van der Waals surface area contributed by atoms with Crippen LogP contribution < -0.4 is 16.0 Å². The van der Waals surface area contributed by atoms with Crippen LogP contribution in [0.5, 0.6) is 0 Å². The molecule has 0 bridgehead atoms. The summed E-state index contributed by atoms with van der Waals surface area (Å²) in [5.74, 6) is 0.695. The number of carbonyl (C=O) groups excluding carboxylic acids is 1. The molecule has 2 aromatic rings. The molecule has 0 aliphatic carbocycles. The standard InChI is InChI=1S/C24H36N6O2/c1-6-25-24(27-16(2)13-21-17(3)29-30(5)18(21)4)26-15-19-9-7-10-20(14-19)28-23(31)22-11-8-12-32-22/h7,9-10,14,16,22H,6,8,11-13,15H2,1-5H3,(H,28,31)(H2,25,26,27). The first kappa shape index (κ1) is 23.8. The van der Waals surface area contributed by atoms with Gasteiger partial charge in [-0.3, -0.25) is 9.48 Å². The van der Waals surface area contributed by atoms with Crippen LogP contribution >= 0.6 is 0 Å². The summed E-state index contributed by atoms with van der Waals surface area (Å²) in [5, 5.41) is 14.3. The fourth-order valence-electron chi connectivity index (χ4n) is 3.95. The van der Waals surface area contributed by atoms with Crippen LogP contribution in [-0.2, 0) is 29.5 Å². The predicted octanol–water partition coefficient (Wildman–Crippen LogP) is 2.84. The number of nitrogens with one attached hydrogen (secondary N) is 3. The molecule has 1 amide bonds. The minimum atomic E-state index is -0.338. The Labute approximate surface area is 190 Å². The van der Waals surface area contributed by atoms with Crippen molar-refractivity contribution in [3.63, 3.8) is 0 Å². The largest absolute Gasteiger partial charge is 0.368 e. The van der Waals surface area contributed by atoms with Gasteiger partial charge in [-0.15, -0.1) is 0 Å². The van der Waals surface area contributed by atoms with Crippen LogP contribution in [0.3, 0.4) is 0 Å². The van der Waals surface area contributed by atoms with Gasteiger partial charge >= 0.3 is 0 Å². The normalized spacial score (nSPS) is 17.3. The van der Waals surface area contributed by atoms with Crippen LogP contribution in [0, 0.1) is 13.8 Å². The number of carbonyl (C=O) groups is 1. The third kappa shape index (κ3) is 6.32. The minimum absolute atomic E-state index is 0.0760. The maximum Gasteiger partial charge on any atom is 0.253 e. The van der Waals surface area contributed by atoms with Gasteiger partial charge < -0.3 is 20.7 Å². The number of aryl methyl sites for hydroxylation is 2. The van der Waals surface area contributed by atoms with Gasteiger partial charge in [0, 0.05) is 37.6 Å². The molecule has 0 spiro atoms. The first-order valence-electron chi connectivity index (χ1n) is 11.4. The van der Waals surface area contributed by atoms with Gasteiger partial charge in [-0.2, -0.15) is 5.10 Å². The number of amides is 1. The quantitative estimate of drug-likeness (QED) is 0.434. The second-order valence-electron chi connectivity index (χ2n) is 8.41. The highest BCUT2D eigenvalue weighted by Crippen LogP contribution is 2.17. The maximum absolute atomic E-state index is 12.3. The molecular weight excluding hydrogens is 404 g/mol. The molecule has 2 atom stereocenters. The molecule has 2 heterocycles. The molecular formula is C24H36N6O2. The van der Waals surface area contributed by atoms with E-state index in [1.165, 1.54) is 11.3 Å². The second-order valence-corrected chi connectivity index (χ2v) is 8.41. The van der Waals surface area contributed by atoms with Crippen LogP contribution in [0.15, 0.2) is 29.3 Å². The number of hydrogen-bond acceptors (Lipinski definition) is 4. The van der Waals surface area contributed by atoms with Crippen molar-refractivity contribution in [1.29, 1.82) is 0 Å². The van der Waals surface area contributed by atoms with Gasteiger partial charge in [-0.25, -0.2) is 4.99 Å². The van der Waals surface area contributed by atoms with Crippen LogP contribution in [-0.4, -0.2) is 46.9 Å². The number of hydrogen-bond donors (Lipinski definition) is 3. The Balaban J connectivity index is 1.61. The number of nitrogens with zero attached hydrogens (tertiary/aromatic N) is 3. The highest BCUT2D eigenvalue weighted by molar-refractivity contribution is 5.94. The lowest BCUT2D eigenvalue weighted by Gasteiger charge is -2.18. The Bertz CT molecular complexity index is 946. The van der Waals surface area contributed by atoms with E-state index in [4.69, 9.17) is 9.73 Å². The van der Waals surface area contributed by atoms with E-state index in [9.17, 15) is 4.79 Å². The molecule has 2 unspecified atom stereocenters. The molecule has 174 valence electrons. The van der Waals surface area contributed by atoms with Crippen LogP contribution in [0.25, 0.3) is 0 Å². The molecule has 1 aliphatic heterocycles. The summed E-state index contributed by atoms with van der Waals surface area (Å²) in [5.41, 5.74) is 5.34. The SMILES string of the molecule is CCNC(=NCc1cccc(NC(=O)C2CCCO2)c1)NC(C)Cc1c(C)nn(C)c1C. The number of rotatable bonds is 8. The summed E-state index contributed by atoms with van der Waals surface area (Å²) < 4.78 is 7.39. The summed E-state index contributed by atoms with van der Waals surface area (Å²) in [7, 11) is 1.98. The lowest BCUT2D eigenvalue weighted by Crippen LogP contribution is -2.43. The number of benzene rings is 1. The highest BCUT2D eigenvalue weighted by atomic mass is 16.5. The molecule has 0 saturated carbocycles. The van der Waals surface area contributed by atoms with Gasteiger partial charge in [0.25, 0.3) is 5.91 Å². The Morgan fingerprint density at radius 3 is 2.84 bits per heavy atom. The summed E-state index contributed by atoms with van der Waals surface area (Å²) in [6, 6.07) is 8.01. The number of guanidine groups is 1. The van der Waals surface area contributed by atoms with Gasteiger partial charge in [0.1, 0.15) is 6.10 Å². The molecule has 1 aromatic carbocycles. The third-order valence-corrected chi connectivity index (χ3v) is 5.73. The molecule has 32 heavy (non-hydrogen) atoms. The Hall–Kier alpha value is -2.87. The summed E-state index contributed by atoms with van der Waals surface area (Å²) in [6.45, 7) is 10.3. The van der Waals surface area contributed by atoms with E-state index in [-0.39, 0.29) is 18.1 Å². The van der Waals surface area contributed by atoms with Gasteiger partial charge in [-0.1, -0.05) is 12.1 Å². The predicted molar refractivity (Wildman–Crippen MR) is 128 cm³/mol. The zero-order valence-corrected chi connectivity index (χ0v) is 19.9. The van der Waals surface area contributed by atoms with Crippen LogP contribution in [0.4, 0.5) is 5.69 Å². The van der Waals surface area contributed by atoms with Crippen molar-refractivity contribution in [2.24, 2.45) is 12.0 Å². The maximum atomic E-state index is 12.3. The van der Waals surface area contributed by atoms with E-state index in [1.54, 1.807) is 0 Å². The van der Waals surface area contributed by atoms with E-state index in [1.807, 2.05) is 36.0 Å². The monoisotopic (exact) mass is 440 g/mol. The molecule has 1 aliphatic rings. The molecule has 1 saturated heterocycles. The molecule has 1 aromatic heterocycles. The lowest BCUT2D eigenvalue weighted by molar-refractivity contribution is -0.124. The van der Waals surface area contributed by atoms with Crippen molar-refractivity contribution < 1.29 is 9.53 Å². The number of aliphatic imine (C=N–C) groups is 1. The average Bonchev–Trinajstić information content (AvgIpc) is 3.38. The van der Waals surface area contributed by atoms with E-state index >= 15 is 0 Å². The average molecular weight is 441 g/mol. The zero-order chi connectivity index (χ0) is 23.1. The summed E-state index contributed by atoms with van der Waals surface area (Å²) in [4.78, 5) is 17.1. The van der Waals surface area contributed by atoms with Crippen LogP contribution in [0.2, 0.25) is 0 Å². The summed E-state index contributed by atoms with van der Waals surface area (Å²) in [6.07, 6.45) is 2.25. The zero-order valence-electron chi connectivity index (χ0n) is 19.9. The van der Waals surface area contributed by atoms with Crippen molar-refractivity contribution >= 4 is 17.6 Å². The van der Waals surface area contributed by atoms with Gasteiger partial charge in [-0.05, 0) is 70.2 Å². The van der Waals surface area contributed by atoms with Crippen molar-refractivity contribution in [3.05, 3.63) is 46.8 Å². The van der Waals surface area contributed by atoms with E-state index in [0.717, 1.165) is 48.7 Å². The third-order valence-electron chi connectivity index (χ3n) is 5.73. The first-order chi connectivity index (χ1) is 15.4. The number of anilines is 1. The number of aromatic nitrogens is 2. The van der Waals surface area contributed by atoms with Crippen molar-refractivity contribution in [2.45, 2.75) is 65.6 Å². The molecule has 0 radical (unpaired) electrons.